The smallest absolute Gasteiger partial charge is 0.339 e. The first-order valence-electron chi connectivity index (χ1n) is 4.83. The van der Waals surface area contributed by atoms with Crippen molar-refractivity contribution in [1.82, 2.24) is 0 Å². The summed E-state index contributed by atoms with van der Waals surface area (Å²) in [5, 5.41) is 11.9. The van der Waals surface area contributed by atoms with Gasteiger partial charge in [-0.15, -0.1) is 0 Å². The van der Waals surface area contributed by atoms with Gasteiger partial charge in [0.2, 0.25) is 0 Å². The quantitative estimate of drug-likeness (QED) is 0.807. The van der Waals surface area contributed by atoms with Gasteiger partial charge in [0.1, 0.15) is 6.04 Å². The SMILES string of the molecule is COC(=O)c1ccc(Cl)cc1NC(C)C(=O)O. The summed E-state index contributed by atoms with van der Waals surface area (Å²) in [6.07, 6.45) is 0. The van der Waals surface area contributed by atoms with Crippen molar-refractivity contribution in [3.63, 3.8) is 0 Å². The lowest BCUT2D eigenvalue weighted by Crippen LogP contribution is -2.26. The topological polar surface area (TPSA) is 75.6 Å². The first kappa shape index (κ1) is 13.3. The molecule has 0 aromatic heterocycles. The highest BCUT2D eigenvalue weighted by Crippen LogP contribution is 2.22. The Labute approximate surface area is 103 Å². The normalized spacial score (nSPS) is 11.7. The van der Waals surface area contributed by atoms with Crippen molar-refractivity contribution in [3.8, 4) is 0 Å². The summed E-state index contributed by atoms with van der Waals surface area (Å²) in [5.74, 6) is -1.58. The molecule has 0 saturated carbocycles. The van der Waals surface area contributed by atoms with Gasteiger partial charge in [-0.2, -0.15) is 0 Å². The molecule has 1 atom stereocenters. The number of carbonyl (C=O) groups excluding carboxylic acids is 1. The zero-order valence-electron chi connectivity index (χ0n) is 9.36. The Morgan fingerprint density at radius 2 is 2.12 bits per heavy atom. The molecule has 1 unspecified atom stereocenters. The molecule has 92 valence electrons. The zero-order valence-corrected chi connectivity index (χ0v) is 10.1. The summed E-state index contributed by atoms with van der Waals surface area (Å²) in [4.78, 5) is 22.2. The van der Waals surface area contributed by atoms with Gasteiger partial charge in [0.25, 0.3) is 0 Å². The minimum absolute atomic E-state index is 0.241. The second-order valence-corrected chi connectivity index (χ2v) is 3.82. The van der Waals surface area contributed by atoms with E-state index in [0.29, 0.717) is 10.7 Å². The maximum Gasteiger partial charge on any atom is 0.339 e. The van der Waals surface area contributed by atoms with Crippen molar-refractivity contribution in [2.45, 2.75) is 13.0 Å². The minimum atomic E-state index is -1.03. The Morgan fingerprint density at radius 1 is 1.47 bits per heavy atom. The van der Waals surface area contributed by atoms with Crippen molar-refractivity contribution < 1.29 is 19.4 Å². The van der Waals surface area contributed by atoms with E-state index in [2.05, 4.69) is 10.1 Å². The molecule has 0 aliphatic carbocycles. The van der Waals surface area contributed by atoms with E-state index in [4.69, 9.17) is 16.7 Å². The molecule has 1 aromatic carbocycles. The van der Waals surface area contributed by atoms with Crippen molar-refractivity contribution in [1.29, 1.82) is 0 Å². The lowest BCUT2D eigenvalue weighted by Gasteiger charge is -2.14. The summed E-state index contributed by atoms with van der Waals surface area (Å²) in [5.41, 5.74) is 0.573. The predicted octanol–water partition coefficient (Wildman–Crippen LogP) is 2.01. The van der Waals surface area contributed by atoms with E-state index in [1.165, 1.54) is 32.2 Å². The summed E-state index contributed by atoms with van der Waals surface area (Å²) in [6.45, 7) is 1.46. The van der Waals surface area contributed by atoms with E-state index in [-0.39, 0.29) is 5.56 Å². The monoisotopic (exact) mass is 257 g/mol. The fraction of sp³-hybridized carbons (Fsp3) is 0.273. The fourth-order valence-corrected chi connectivity index (χ4v) is 1.39. The number of ether oxygens (including phenoxy) is 1. The Kier molecular flexibility index (Phi) is 4.34. The Bertz CT molecular complexity index is 447. The highest BCUT2D eigenvalue weighted by atomic mass is 35.5. The first-order chi connectivity index (χ1) is 7.95. The molecule has 1 aromatic rings. The summed E-state index contributed by atoms with van der Waals surface area (Å²) < 4.78 is 4.59. The molecule has 0 radical (unpaired) electrons. The molecule has 0 saturated heterocycles. The molecule has 17 heavy (non-hydrogen) atoms. The van der Waals surface area contributed by atoms with Crippen LogP contribution >= 0.6 is 11.6 Å². The molecule has 0 aliphatic rings. The minimum Gasteiger partial charge on any atom is -0.480 e. The molecule has 6 heteroatoms. The van der Waals surface area contributed by atoms with Crippen molar-refractivity contribution >= 4 is 29.2 Å². The van der Waals surface area contributed by atoms with E-state index in [1.54, 1.807) is 0 Å². The Hall–Kier alpha value is -1.75. The van der Waals surface area contributed by atoms with Gasteiger partial charge >= 0.3 is 11.9 Å². The van der Waals surface area contributed by atoms with Gasteiger partial charge in [0.05, 0.1) is 18.4 Å². The molecule has 0 spiro atoms. The van der Waals surface area contributed by atoms with Gasteiger partial charge in [-0.05, 0) is 25.1 Å². The second-order valence-electron chi connectivity index (χ2n) is 3.39. The number of aliphatic carboxylic acids is 1. The maximum atomic E-state index is 11.4. The van der Waals surface area contributed by atoms with Crippen LogP contribution in [0.5, 0.6) is 0 Å². The first-order valence-corrected chi connectivity index (χ1v) is 5.20. The summed E-state index contributed by atoms with van der Waals surface area (Å²) in [6, 6.07) is 3.65. The van der Waals surface area contributed by atoms with Crippen LogP contribution in [-0.2, 0) is 9.53 Å². The van der Waals surface area contributed by atoms with E-state index in [9.17, 15) is 9.59 Å². The maximum absolute atomic E-state index is 11.4. The molecule has 0 bridgehead atoms. The number of rotatable bonds is 4. The molecular weight excluding hydrogens is 246 g/mol. The van der Waals surface area contributed by atoms with Crippen LogP contribution in [-0.4, -0.2) is 30.2 Å². The average Bonchev–Trinajstić information content (AvgIpc) is 2.28. The molecule has 0 aliphatic heterocycles. The molecule has 0 fully saturated rings. The third-order valence-corrected chi connectivity index (χ3v) is 2.36. The van der Waals surface area contributed by atoms with E-state index in [1.807, 2.05) is 0 Å². The molecule has 5 nitrogen and oxygen atoms in total. The Morgan fingerprint density at radius 3 is 2.65 bits per heavy atom. The van der Waals surface area contributed by atoms with Gasteiger partial charge in [0, 0.05) is 5.02 Å². The van der Waals surface area contributed by atoms with Gasteiger partial charge in [-0.25, -0.2) is 4.79 Å². The van der Waals surface area contributed by atoms with Crippen molar-refractivity contribution in [2.24, 2.45) is 0 Å². The molecule has 2 N–H and O–H groups in total. The van der Waals surface area contributed by atoms with Crippen LogP contribution < -0.4 is 5.32 Å². The van der Waals surface area contributed by atoms with Crippen LogP contribution in [0.15, 0.2) is 18.2 Å². The van der Waals surface area contributed by atoms with Crippen LogP contribution in [0.1, 0.15) is 17.3 Å². The van der Waals surface area contributed by atoms with E-state index < -0.39 is 18.0 Å². The molecular formula is C11H12ClNO4. The van der Waals surface area contributed by atoms with Crippen LogP contribution in [0.4, 0.5) is 5.69 Å². The number of carboxylic acid groups (broad SMARTS) is 1. The summed E-state index contributed by atoms with van der Waals surface area (Å²) in [7, 11) is 1.25. The largest absolute Gasteiger partial charge is 0.480 e. The van der Waals surface area contributed by atoms with E-state index in [0.717, 1.165) is 0 Å². The van der Waals surface area contributed by atoms with Gasteiger partial charge in [-0.1, -0.05) is 11.6 Å². The third-order valence-electron chi connectivity index (χ3n) is 2.13. The van der Waals surface area contributed by atoms with Gasteiger partial charge in [0.15, 0.2) is 0 Å². The van der Waals surface area contributed by atoms with Crippen molar-refractivity contribution in [3.05, 3.63) is 28.8 Å². The third kappa shape index (κ3) is 3.35. The highest BCUT2D eigenvalue weighted by Gasteiger charge is 2.16. The molecule has 0 heterocycles. The van der Waals surface area contributed by atoms with Crippen LogP contribution in [0.3, 0.4) is 0 Å². The van der Waals surface area contributed by atoms with E-state index >= 15 is 0 Å². The number of esters is 1. The van der Waals surface area contributed by atoms with Gasteiger partial charge in [-0.3, -0.25) is 4.79 Å². The lowest BCUT2D eigenvalue weighted by molar-refractivity contribution is -0.137. The van der Waals surface area contributed by atoms with Crippen LogP contribution in [0, 0.1) is 0 Å². The highest BCUT2D eigenvalue weighted by molar-refractivity contribution is 6.31. The lowest BCUT2D eigenvalue weighted by atomic mass is 10.1. The molecule has 1 rings (SSSR count). The predicted molar refractivity (Wildman–Crippen MR) is 63.5 cm³/mol. The van der Waals surface area contributed by atoms with Crippen LogP contribution in [0.2, 0.25) is 5.02 Å². The number of methoxy groups -OCH3 is 1. The number of hydrogen-bond acceptors (Lipinski definition) is 4. The Balaban J connectivity index is 3.07. The number of carboxylic acids is 1. The van der Waals surface area contributed by atoms with Crippen molar-refractivity contribution in [2.75, 3.05) is 12.4 Å². The zero-order chi connectivity index (χ0) is 13.0. The number of anilines is 1. The number of carbonyl (C=O) groups is 2. The number of nitrogens with one attached hydrogen (secondary N) is 1. The summed E-state index contributed by atoms with van der Waals surface area (Å²) >= 11 is 5.79. The number of hydrogen-bond donors (Lipinski definition) is 2. The van der Waals surface area contributed by atoms with Crippen LogP contribution in [0.25, 0.3) is 0 Å². The average molecular weight is 258 g/mol. The number of benzene rings is 1. The second kappa shape index (κ2) is 5.54. The standard InChI is InChI=1S/C11H12ClNO4/c1-6(10(14)15)13-9-5-7(12)3-4-8(9)11(16)17-2/h3-6,13H,1-2H3,(H,14,15). The fourth-order valence-electron chi connectivity index (χ4n) is 1.22. The van der Waals surface area contributed by atoms with Gasteiger partial charge < -0.3 is 15.2 Å². The molecule has 0 amide bonds. The number of halogens is 1.